The highest BCUT2D eigenvalue weighted by molar-refractivity contribution is 6.26. The molecule has 3 aromatic rings. The number of fused-ring (bicyclic) bond motifs is 4. The molecular weight excluding hydrogens is 476 g/mol. The number of aliphatic hydroxyl groups excluding tert-OH is 1. The van der Waals surface area contributed by atoms with E-state index in [0.717, 1.165) is 6.08 Å². The van der Waals surface area contributed by atoms with Crippen LogP contribution in [0.25, 0.3) is 10.8 Å². The molecule has 1 spiro atoms. The normalized spacial score (nSPS) is 22.0. The zero-order valence-corrected chi connectivity index (χ0v) is 18.9. The first kappa shape index (κ1) is 22.0. The summed E-state index contributed by atoms with van der Waals surface area (Å²) in [5.41, 5.74) is -1.64. The van der Waals surface area contributed by atoms with Gasteiger partial charge in [-0.25, -0.2) is 4.79 Å². The SMILES string of the molecule is COC1=CC(=O)c2c(O)c3c(c(O)c2C1=O)O[C@@]1(CCc2cc4cc(C)oc(=O)c4c(O)c2O1)[C@@H]3O. The van der Waals surface area contributed by atoms with Crippen LogP contribution in [0.1, 0.15) is 50.1 Å². The fraction of sp³-hybridized carbons (Fsp3) is 0.240. The number of aryl methyl sites for hydroxylation is 2. The van der Waals surface area contributed by atoms with Gasteiger partial charge >= 0.3 is 5.63 Å². The minimum atomic E-state index is -1.95. The first-order chi connectivity index (χ1) is 17.1. The predicted molar refractivity (Wildman–Crippen MR) is 120 cm³/mol. The standard InChI is InChI=1S/C25H18O11/c1-8-5-10-6-9-3-4-25(35-21(9)19(29)13(10)24(32)34-8)23(31)16-18(28)14-11(26)7-12(33-2)17(27)15(14)20(30)22(16)36-25/h5-7,23,28-31H,3-4H2,1-2H3/t23-,25+/m1/s1. The van der Waals surface area contributed by atoms with Gasteiger partial charge in [-0.15, -0.1) is 0 Å². The number of carbonyl (C=O) groups is 2. The van der Waals surface area contributed by atoms with Gasteiger partial charge in [0.25, 0.3) is 5.79 Å². The fourth-order valence-electron chi connectivity index (χ4n) is 5.12. The van der Waals surface area contributed by atoms with Crippen LogP contribution in [-0.4, -0.2) is 44.9 Å². The van der Waals surface area contributed by atoms with Crippen LogP contribution in [-0.2, 0) is 11.2 Å². The Morgan fingerprint density at radius 3 is 2.44 bits per heavy atom. The molecule has 0 amide bonds. The molecule has 0 radical (unpaired) electrons. The molecule has 0 fully saturated rings. The van der Waals surface area contributed by atoms with Crippen molar-refractivity contribution in [1.29, 1.82) is 0 Å². The van der Waals surface area contributed by atoms with Gasteiger partial charge in [-0.2, -0.15) is 0 Å². The van der Waals surface area contributed by atoms with E-state index in [4.69, 9.17) is 18.6 Å². The van der Waals surface area contributed by atoms with E-state index in [9.17, 15) is 34.8 Å². The van der Waals surface area contributed by atoms with Crippen molar-refractivity contribution >= 4 is 22.3 Å². The summed E-state index contributed by atoms with van der Waals surface area (Å²) in [6.07, 6.45) is -0.666. The molecule has 0 bridgehead atoms. The van der Waals surface area contributed by atoms with Gasteiger partial charge in [-0.1, -0.05) is 0 Å². The zero-order chi connectivity index (χ0) is 25.7. The molecule has 0 saturated carbocycles. The molecule has 2 atom stereocenters. The number of aliphatic hydroxyl groups is 1. The summed E-state index contributed by atoms with van der Waals surface area (Å²) < 4.78 is 21.8. The fourth-order valence-corrected chi connectivity index (χ4v) is 5.12. The Morgan fingerprint density at radius 2 is 1.72 bits per heavy atom. The van der Waals surface area contributed by atoms with Gasteiger partial charge in [0, 0.05) is 12.5 Å². The highest BCUT2D eigenvalue weighted by Gasteiger charge is 2.56. The number of ketones is 2. The van der Waals surface area contributed by atoms with Crippen molar-refractivity contribution < 1.29 is 48.6 Å². The molecule has 3 heterocycles. The second-order valence-corrected chi connectivity index (χ2v) is 8.84. The van der Waals surface area contributed by atoms with Gasteiger partial charge in [0.05, 0.1) is 23.8 Å². The summed E-state index contributed by atoms with van der Waals surface area (Å²) in [6.45, 7) is 1.60. The number of hydrogen-bond acceptors (Lipinski definition) is 11. The number of allylic oxidation sites excluding steroid dienone is 2. The lowest BCUT2D eigenvalue weighted by Gasteiger charge is -2.37. The summed E-state index contributed by atoms with van der Waals surface area (Å²) in [5, 5.41) is 44.2. The van der Waals surface area contributed by atoms with Gasteiger partial charge < -0.3 is 39.1 Å². The van der Waals surface area contributed by atoms with Crippen LogP contribution in [0.2, 0.25) is 0 Å². The van der Waals surface area contributed by atoms with E-state index in [1.165, 1.54) is 7.11 Å². The molecule has 11 nitrogen and oxygen atoms in total. The van der Waals surface area contributed by atoms with Crippen LogP contribution < -0.4 is 15.1 Å². The van der Waals surface area contributed by atoms with E-state index in [1.54, 1.807) is 19.1 Å². The summed E-state index contributed by atoms with van der Waals surface area (Å²) in [6, 6.07) is 3.24. The quantitative estimate of drug-likeness (QED) is 0.366. The number of hydrogen-bond donors (Lipinski definition) is 4. The molecule has 1 aromatic heterocycles. The van der Waals surface area contributed by atoms with Crippen molar-refractivity contribution in [3.8, 4) is 28.7 Å². The Kier molecular flexibility index (Phi) is 4.28. The number of rotatable bonds is 1. The monoisotopic (exact) mass is 494 g/mol. The first-order valence-corrected chi connectivity index (χ1v) is 10.9. The van der Waals surface area contributed by atoms with E-state index in [0.29, 0.717) is 16.7 Å². The van der Waals surface area contributed by atoms with Crippen molar-refractivity contribution in [3.05, 3.63) is 62.4 Å². The number of carbonyl (C=O) groups excluding carboxylic acids is 2. The lowest BCUT2D eigenvalue weighted by atomic mass is 9.86. The van der Waals surface area contributed by atoms with Gasteiger partial charge in [-0.05, 0) is 36.4 Å². The topological polar surface area (TPSA) is 173 Å². The Balaban J connectivity index is 1.50. The first-order valence-electron chi connectivity index (χ1n) is 10.9. The Bertz CT molecular complexity index is 1640. The zero-order valence-electron chi connectivity index (χ0n) is 18.9. The highest BCUT2D eigenvalue weighted by atomic mass is 16.7. The number of phenols is 3. The lowest BCUT2D eigenvalue weighted by molar-refractivity contribution is -0.180. The van der Waals surface area contributed by atoms with Crippen molar-refractivity contribution in [3.63, 3.8) is 0 Å². The molecule has 11 heteroatoms. The minimum Gasteiger partial charge on any atom is -0.507 e. The van der Waals surface area contributed by atoms with Crippen molar-refractivity contribution in [2.24, 2.45) is 0 Å². The summed E-state index contributed by atoms with van der Waals surface area (Å²) >= 11 is 0. The number of ether oxygens (including phenoxy) is 3. The number of aromatic hydroxyl groups is 3. The molecule has 36 heavy (non-hydrogen) atoms. The smallest absolute Gasteiger partial charge is 0.347 e. The van der Waals surface area contributed by atoms with Crippen molar-refractivity contribution in [2.75, 3.05) is 7.11 Å². The van der Waals surface area contributed by atoms with Crippen LogP contribution >= 0.6 is 0 Å². The van der Waals surface area contributed by atoms with Crippen LogP contribution in [0.5, 0.6) is 28.7 Å². The molecule has 4 N–H and O–H groups in total. The lowest BCUT2D eigenvalue weighted by Crippen LogP contribution is -2.47. The van der Waals surface area contributed by atoms with E-state index in [2.05, 4.69) is 0 Å². The maximum atomic E-state index is 12.8. The largest absolute Gasteiger partial charge is 0.507 e. The average molecular weight is 494 g/mol. The molecule has 2 aliphatic heterocycles. The molecule has 3 aliphatic rings. The molecule has 6 rings (SSSR count). The minimum absolute atomic E-state index is 0.00573. The van der Waals surface area contributed by atoms with Gasteiger partial charge in [-0.3, -0.25) is 9.59 Å². The molecule has 0 saturated heterocycles. The number of methoxy groups -OCH3 is 1. The van der Waals surface area contributed by atoms with Crippen LogP contribution in [0, 0.1) is 6.92 Å². The maximum Gasteiger partial charge on any atom is 0.347 e. The third kappa shape index (κ3) is 2.63. The van der Waals surface area contributed by atoms with E-state index in [-0.39, 0.29) is 35.3 Å². The second-order valence-electron chi connectivity index (χ2n) is 8.84. The van der Waals surface area contributed by atoms with Crippen LogP contribution in [0.4, 0.5) is 0 Å². The average Bonchev–Trinajstić information content (AvgIpc) is 3.11. The molecular formula is C25H18O11. The van der Waals surface area contributed by atoms with E-state index in [1.807, 2.05) is 0 Å². The Hall–Kier alpha value is -4.51. The summed E-state index contributed by atoms with van der Waals surface area (Å²) in [4.78, 5) is 37.8. The van der Waals surface area contributed by atoms with Crippen LogP contribution in [0.3, 0.4) is 0 Å². The molecule has 1 aliphatic carbocycles. The molecule has 0 unspecified atom stereocenters. The van der Waals surface area contributed by atoms with E-state index >= 15 is 0 Å². The summed E-state index contributed by atoms with van der Waals surface area (Å²) in [7, 11) is 1.17. The number of phenolic OH excluding ortho intramolecular Hbond substituents is 3. The van der Waals surface area contributed by atoms with Gasteiger partial charge in [0.1, 0.15) is 16.9 Å². The molecule has 2 aromatic carbocycles. The predicted octanol–water partition coefficient (Wildman–Crippen LogP) is 2.27. The van der Waals surface area contributed by atoms with Gasteiger partial charge in [0.2, 0.25) is 5.78 Å². The van der Waals surface area contributed by atoms with Crippen molar-refractivity contribution in [2.45, 2.75) is 31.7 Å². The number of benzene rings is 2. The van der Waals surface area contributed by atoms with Crippen molar-refractivity contribution in [1.82, 2.24) is 0 Å². The second kappa shape index (κ2) is 7.01. The van der Waals surface area contributed by atoms with Crippen LogP contribution in [0.15, 0.2) is 33.2 Å². The Labute approximate surface area is 201 Å². The summed E-state index contributed by atoms with van der Waals surface area (Å²) in [5.74, 6) is -6.24. The molecule has 184 valence electrons. The number of Topliss-reactive ketones (excluding diaryl/α,β-unsaturated/α-hetero) is 1. The van der Waals surface area contributed by atoms with Gasteiger partial charge in [0.15, 0.2) is 40.6 Å². The Morgan fingerprint density at radius 1 is 1.00 bits per heavy atom. The highest BCUT2D eigenvalue weighted by Crippen LogP contribution is 2.59. The van der Waals surface area contributed by atoms with E-state index < -0.39 is 63.2 Å². The third-order valence-electron chi connectivity index (χ3n) is 6.78. The maximum absolute atomic E-state index is 12.8. The third-order valence-corrected chi connectivity index (χ3v) is 6.78.